The molecule has 0 aliphatic rings. The summed E-state index contributed by atoms with van der Waals surface area (Å²) < 4.78 is 0. The number of aliphatic imine (C=N–C) groups is 2. The van der Waals surface area contributed by atoms with Gasteiger partial charge in [-0.15, -0.1) is 23.5 Å². The minimum atomic E-state index is 0.895. The Hall–Kier alpha value is -2.30. The normalized spacial score (nSPS) is 11.5. The highest BCUT2D eigenvalue weighted by Gasteiger charge is 1.95. The van der Waals surface area contributed by atoms with Crippen LogP contribution in [0.2, 0.25) is 0 Å². The van der Waals surface area contributed by atoms with E-state index in [0.29, 0.717) is 0 Å². The molecule has 0 heterocycles. The van der Waals surface area contributed by atoms with Crippen LogP contribution >= 0.6 is 23.5 Å². The molecule has 3 rings (SSSR count). The Labute approximate surface area is 163 Å². The van der Waals surface area contributed by atoms with Crippen LogP contribution in [0.1, 0.15) is 11.1 Å². The summed E-state index contributed by atoms with van der Waals surface area (Å²) in [6.07, 6.45) is 7.92. The number of hydrogen-bond donors (Lipinski definition) is 0. The fraction of sp³-hybridized carbons (Fsp3) is 0.0909. The number of hydrogen-bond acceptors (Lipinski definition) is 4. The second-order valence-corrected chi connectivity index (χ2v) is 7.34. The highest BCUT2D eigenvalue weighted by atomic mass is 32.2. The van der Waals surface area contributed by atoms with Crippen molar-refractivity contribution in [2.45, 2.75) is 9.79 Å². The van der Waals surface area contributed by atoms with Crippen LogP contribution < -0.4 is 0 Å². The van der Waals surface area contributed by atoms with E-state index in [1.807, 2.05) is 36.7 Å². The predicted molar refractivity (Wildman–Crippen MR) is 117 cm³/mol. The van der Waals surface area contributed by atoms with E-state index in [0.717, 1.165) is 22.5 Å². The van der Waals surface area contributed by atoms with E-state index in [1.54, 1.807) is 23.5 Å². The first-order chi connectivity index (χ1) is 12.8. The third kappa shape index (κ3) is 5.35. The summed E-state index contributed by atoms with van der Waals surface area (Å²) in [7, 11) is 0. The van der Waals surface area contributed by atoms with Gasteiger partial charge in [0, 0.05) is 22.2 Å². The van der Waals surface area contributed by atoms with Gasteiger partial charge in [0.05, 0.1) is 11.4 Å². The second-order valence-electron chi connectivity index (χ2n) is 5.58. The van der Waals surface area contributed by atoms with Gasteiger partial charge in [-0.25, -0.2) is 0 Å². The smallest absolute Gasteiger partial charge is 0.0651 e. The van der Waals surface area contributed by atoms with Gasteiger partial charge in [0.1, 0.15) is 0 Å². The van der Waals surface area contributed by atoms with Crippen LogP contribution in [0.15, 0.2) is 92.6 Å². The zero-order valence-corrected chi connectivity index (χ0v) is 16.4. The minimum Gasteiger partial charge on any atom is -0.256 e. The standard InChI is InChI=1S/C22H20N2S2/c1-25-21-10-6-17(7-11-21)15-23-19-4-3-5-20(14-19)24-16-18-8-12-22(26-2)13-9-18/h3-16H,1-2H3. The van der Waals surface area contributed by atoms with Crippen LogP contribution in [0.5, 0.6) is 0 Å². The van der Waals surface area contributed by atoms with E-state index >= 15 is 0 Å². The third-order valence-electron chi connectivity index (χ3n) is 3.79. The molecule has 3 aromatic carbocycles. The average Bonchev–Trinajstić information content (AvgIpc) is 2.72. The van der Waals surface area contributed by atoms with Crippen molar-refractivity contribution in [3.05, 3.63) is 83.9 Å². The topological polar surface area (TPSA) is 24.7 Å². The monoisotopic (exact) mass is 376 g/mol. The Morgan fingerprint density at radius 1 is 0.615 bits per heavy atom. The van der Waals surface area contributed by atoms with E-state index in [9.17, 15) is 0 Å². The summed E-state index contributed by atoms with van der Waals surface area (Å²) in [5, 5.41) is 0. The van der Waals surface area contributed by atoms with Gasteiger partial charge in [0.25, 0.3) is 0 Å². The summed E-state index contributed by atoms with van der Waals surface area (Å²) in [4.78, 5) is 11.6. The second kappa shape index (κ2) is 9.41. The Kier molecular flexibility index (Phi) is 6.69. The summed E-state index contributed by atoms with van der Waals surface area (Å²) in [5.74, 6) is 0. The highest BCUT2D eigenvalue weighted by molar-refractivity contribution is 7.98. The lowest BCUT2D eigenvalue weighted by Gasteiger charge is -1.99. The van der Waals surface area contributed by atoms with E-state index in [1.165, 1.54) is 9.79 Å². The van der Waals surface area contributed by atoms with E-state index < -0.39 is 0 Å². The highest BCUT2D eigenvalue weighted by Crippen LogP contribution is 2.21. The van der Waals surface area contributed by atoms with Crippen molar-refractivity contribution in [1.29, 1.82) is 0 Å². The first kappa shape index (κ1) is 18.5. The molecule has 2 nitrogen and oxygen atoms in total. The molecule has 0 radical (unpaired) electrons. The van der Waals surface area contributed by atoms with Crippen molar-refractivity contribution in [3.63, 3.8) is 0 Å². The Morgan fingerprint density at radius 2 is 1.04 bits per heavy atom. The van der Waals surface area contributed by atoms with Gasteiger partial charge in [-0.05, 0) is 66.1 Å². The summed E-state index contributed by atoms with van der Waals surface area (Å²) >= 11 is 3.48. The lowest BCUT2D eigenvalue weighted by atomic mass is 10.2. The Bertz CT molecular complexity index is 825. The fourth-order valence-corrected chi connectivity index (χ4v) is 3.15. The van der Waals surface area contributed by atoms with Gasteiger partial charge in [0.2, 0.25) is 0 Å². The molecule has 0 aliphatic carbocycles. The molecule has 0 saturated heterocycles. The zero-order valence-electron chi connectivity index (χ0n) is 14.8. The number of nitrogens with zero attached hydrogens (tertiary/aromatic N) is 2. The van der Waals surface area contributed by atoms with Gasteiger partial charge in [-0.3, -0.25) is 9.98 Å². The maximum Gasteiger partial charge on any atom is 0.0651 e. The molecule has 0 bridgehead atoms. The van der Waals surface area contributed by atoms with Crippen LogP contribution in [0.4, 0.5) is 11.4 Å². The van der Waals surface area contributed by atoms with Crippen molar-refractivity contribution in [3.8, 4) is 0 Å². The largest absolute Gasteiger partial charge is 0.256 e. The van der Waals surface area contributed by atoms with Crippen LogP contribution in [0.25, 0.3) is 0 Å². The molecule has 130 valence electrons. The fourth-order valence-electron chi connectivity index (χ4n) is 2.33. The average molecular weight is 377 g/mol. The van der Waals surface area contributed by atoms with E-state index in [-0.39, 0.29) is 0 Å². The molecular formula is C22H20N2S2. The number of thioether (sulfide) groups is 2. The molecule has 0 fully saturated rings. The minimum absolute atomic E-state index is 0.895. The molecule has 3 aromatic rings. The van der Waals surface area contributed by atoms with Crippen molar-refractivity contribution in [1.82, 2.24) is 0 Å². The molecule has 0 N–H and O–H groups in total. The molecule has 4 heteroatoms. The molecule has 0 aliphatic heterocycles. The lowest BCUT2D eigenvalue weighted by Crippen LogP contribution is -1.81. The molecule has 0 atom stereocenters. The SMILES string of the molecule is CSc1ccc(C=Nc2cccc(N=Cc3ccc(SC)cc3)c2)cc1. The molecule has 0 amide bonds. The van der Waals surface area contributed by atoms with Gasteiger partial charge in [0.15, 0.2) is 0 Å². The van der Waals surface area contributed by atoms with Gasteiger partial charge < -0.3 is 0 Å². The van der Waals surface area contributed by atoms with Crippen LogP contribution in [-0.2, 0) is 0 Å². The van der Waals surface area contributed by atoms with Crippen molar-refractivity contribution in [2.75, 3.05) is 12.5 Å². The molecule has 0 unspecified atom stereocenters. The van der Waals surface area contributed by atoms with Gasteiger partial charge >= 0.3 is 0 Å². The lowest BCUT2D eigenvalue weighted by molar-refractivity contribution is 1.44. The summed E-state index contributed by atoms with van der Waals surface area (Å²) in [5.41, 5.74) is 3.97. The summed E-state index contributed by atoms with van der Waals surface area (Å²) in [6.45, 7) is 0. The molecule has 0 aromatic heterocycles. The maximum absolute atomic E-state index is 4.56. The third-order valence-corrected chi connectivity index (χ3v) is 5.27. The van der Waals surface area contributed by atoms with Crippen molar-refractivity contribution < 1.29 is 0 Å². The molecular weight excluding hydrogens is 356 g/mol. The predicted octanol–water partition coefficient (Wildman–Crippen LogP) is 6.63. The van der Waals surface area contributed by atoms with Gasteiger partial charge in [-0.2, -0.15) is 0 Å². The van der Waals surface area contributed by atoms with Crippen LogP contribution in [-0.4, -0.2) is 24.9 Å². The zero-order chi connectivity index (χ0) is 18.2. The first-order valence-corrected chi connectivity index (χ1v) is 10.7. The van der Waals surface area contributed by atoms with Gasteiger partial charge in [-0.1, -0.05) is 30.3 Å². The van der Waals surface area contributed by atoms with E-state index in [4.69, 9.17) is 0 Å². The first-order valence-electron chi connectivity index (χ1n) is 8.23. The number of rotatable bonds is 6. The Morgan fingerprint density at radius 3 is 1.42 bits per heavy atom. The van der Waals surface area contributed by atoms with Crippen molar-refractivity contribution in [2.24, 2.45) is 9.98 Å². The summed E-state index contributed by atoms with van der Waals surface area (Å²) in [6, 6.07) is 24.7. The maximum atomic E-state index is 4.56. The number of benzene rings is 3. The van der Waals surface area contributed by atoms with Crippen molar-refractivity contribution >= 4 is 47.3 Å². The van der Waals surface area contributed by atoms with Crippen LogP contribution in [0.3, 0.4) is 0 Å². The molecule has 0 spiro atoms. The van der Waals surface area contributed by atoms with E-state index in [2.05, 4.69) is 71.0 Å². The van der Waals surface area contributed by atoms with Crippen LogP contribution in [0, 0.1) is 0 Å². The molecule has 26 heavy (non-hydrogen) atoms. The molecule has 0 saturated carbocycles. The Balaban J connectivity index is 1.70. The quantitative estimate of drug-likeness (QED) is 0.356.